The number of benzene rings is 1. The van der Waals surface area contributed by atoms with E-state index in [9.17, 15) is 4.39 Å². The quantitative estimate of drug-likeness (QED) is 0.472. The standard InChI is InChI=1S/C23H22FN5O2/c1-12-22(28(3)13(2)26-12)16-8-20-18(29-11-25-27-23(16)29)6-4-15-17(24)5-7-19-21(15)14(9-30-19)10-31-20/h5,7-8,11,14H,4,6,9-10H2,1-3H3/t14-/m1/s1. The number of halogens is 1. The smallest absolute Gasteiger partial charge is 0.170 e. The van der Waals surface area contributed by atoms with Gasteiger partial charge >= 0.3 is 0 Å². The van der Waals surface area contributed by atoms with E-state index in [4.69, 9.17) is 9.47 Å². The van der Waals surface area contributed by atoms with Crippen LogP contribution in [0.1, 0.15) is 34.3 Å². The van der Waals surface area contributed by atoms with Gasteiger partial charge in [-0.1, -0.05) is 0 Å². The highest BCUT2D eigenvalue weighted by molar-refractivity contribution is 5.79. The maximum Gasteiger partial charge on any atom is 0.170 e. The molecular weight excluding hydrogens is 397 g/mol. The van der Waals surface area contributed by atoms with Crippen LogP contribution < -0.4 is 9.47 Å². The largest absolute Gasteiger partial charge is 0.493 e. The number of hydrogen-bond acceptors (Lipinski definition) is 5. The molecule has 0 fully saturated rings. The minimum Gasteiger partial charge on any atom is -0.493 e. The van der Waals surface area contributed by atoms with Crippen molar-refractivity contribution in [2.75, 3.05) is 13.2 Å². The molecule has 0 bridgehead atoms. The lowest BCUT2D eigenvalue weighted by molar-refractivity contribution is 0.246. The molecule has 31 heavy (non-hydrogen) atoms. The van der Waals surface area contributed by atoms with Gasteiger partial charge in [0.2, 0.25) is 0 Å². The topological polar surface area (TPSA) is 66.5 Å². The van der Waals surface area contributed by atoms with Crippen molar-refractivity contribution in [2.45, 2.75) is 32.6 Å². The van der Waals surface area contributed by atoms with Crippen molar-refractivity contribution >= 4 is 5.65 Å². The first-order chi connectivity index (χ1) is 15.0. The fourth-order valence-corrected chi connectivity index (χ4v) is 4.99. The molecule has 2 aliphatic heterocycles. The molecule has 0 amide bonds. The highest BCUT2D eigenvalue weighted by Gasteiger charge is 2.32. The summed E-state index contributed by atoms with van der Waals surface area (Å²) < 4.78 is 31.0. The first-order valence-corrected chi connectivity index (χ1v) is 10.5. The van der Waals surface area contributed by atoms with Gasteiger partial charge < -0.3 is 14.0 Å². The Bertz CT molecular complexity index is 1360. The molecule has 158 valence electrons. The van der Waals surface area contributed by atoms with Crippen LogP contribution in [0.4, 0.5) is 4.39 Å². The fraction of sp³-hybridized carbons (Fsp3) is 0.348. The molecule has 0 saturated heterocycles. The zero-order valence-corrected chi connectivity index (χ0v) is 17.6. The maximum atomic E-state index is 14.8. The number of ether oxygens (including phenoxy) is 2. The summed E-state index contributed by atoms with van der Waals surface area (Å²) in [4.78, 5) is 4.61. The lowest BCUT2D eigenvalue weighted by atomic mass is 9.93. The predicted molar refractivity (Wildman–Crippen MR) is 112 cm³/mol. The summed E-state index contributed by atoms with van der Waals surface area (Å²) in [6, 6.07) is 5.26. The van der Waals surface area contributed by atoms with Crippen LogP contribution in [0.5, 0.6) is 11.5 Å². The zero-order valence-electron chi connectivity index (χ0n) is 17.6. The Hall–Kier alpha value is -3.42. The number of rotatable bonds is 1. The molecule has 1 aromatic carbocycles. The van der Waals surface area contributed by atoms with Crippen LogP contribution in [0, 0.1) is 19.7 Å². The summed E-state index contributed by atoms with van der Waals surface area (Å²) in [6.07, 6.45) is 2.87. The number of nitrogens with zero attached hydrogens (tertiary/aromatic N) is 5. The average Bonchev–Trinajstić information content (AvgIpc) is 3.45. The summed E-state index contributed by atoms with van der Waals surface area (Å²) in [6.45, 7) is 4.90. The van der Waals surface area contributed by atoms with E-state index in [0.29, 0.717) is 26.1 Å². The van der Waals surface area contributed by atoms with Gasteiger partial charge in [0.15, 0.2) is 5.65 Å². The summed E-state index contributed by atoms with van der Waals surface area (Å²) >= 11 is 0. The minimum atomic E-state index is -0.185. The zero-order chi connectivity index (χ0) is 21.3. The second kappa shape index (κ2) is 6.54. The third-order valence-electron chi connectivity index (χ3n) is 6.55. The second-order valence-corrected chi connectivity index (χ2v) is 8.30. The van der Waals surface area contributed by atoms with Crippen molar-refractivity contribution in [3.8, 4) is 22.8 Å². The van der Waals surface area contributed by atoms with Gasteiger partial charge in [0, 0.05) is 18.2 Å². The molecule has 7 nitrogen and oxygen atoms in total. The van der Waals surface area contributed by atoms with Crippen molar-refractivity contribution in [3.05, 3.63) is 58.7 Å². The van der Waals surface area contributed by atoms with E-state index in [0.717, 1.165) is 56.7 Å². The van der Waals surface area contributed by atoms with Gasteiger partial charge in [-0.25, -0.2) is 9.37 Å². The van der Waals surface area contributed by atoms with Gasteiger partial charge in [0.25, 0.3) is 0 Å². The maximum absolute atomic E-state index is 14.8. The molecular formula is C23H22FN5O2. The first kappa shape index (κ1) is 18.4. The Morgan fingerprint density at radius 3 is 2.68 bits per heavy atom. The van der Waals surface area contributed by atoms with Crippen LogP contribution in [0.2, 0.25) is 0 Å². The number of fused-ring (bicyclic) bond motifs is 3. The van der Waals surface area contributed by atoms with E-state index >= 15 is 0 Å². The molecule has 4 aromatic rings. The van der Waals surface area contributed by atoms with E-state index in [1.807, 2.05) is 31.4 Å². The van der Waals surface area contributed by atoms with Crippen LogP contribution in [0.3, 0.4) is 0 Å². The van der Waals surface area contributed by atoms with Gasteiger partial charge in [-0.15, -0.1) is 10.2 Å². The Morgan fingerprint density at radius 1 is 1.10 bits per heavy atom. The van der Waals surface area contributed by atoms with E-state index in [2.05, 4.69) is 19.7 Å². The van der Waals surface area contributed by atoms with Crippen molar-refractivity contribution < 1.29 is 13.9 Å². The van der Waals surface area contributed by atoms with Crippen LogP contribution >= 0.6 is 0 Å². The highest BCUT2D eigenvalue weighted by atomic mass is 19.1. The third kappa shape index (κ3) is 2.60. The van der Waals surface area contributed by atoms with E-state index in [1.165, 1.54) is 6.07 Å². The molecule has 6 rings (SSSR count). The highest BCUT2D eigenvalue weighted by Crippen LogP contribution is 2.41. The molecule has 0 spiro atoms. The second-order valence-electron chi connectivity index (χ2n) is 8.30. The number of aryl methyl sites for hydroxylation is 3. The molecule has 0 aliphatic carbocycles. The number of pyridine rings is 1. The van der Waals surface area contributed by atoms with E-state index in [1.54, 1.807) is 12.4 Å². The molecule has 8 heteroatoms. The Kier molecular flexibility index (Phi) is 3.87. The minimum absolute atomic E-state index is 0.00685. The fourth-order valence-electron chi connectivity index (χ4n) is 4.99. The molecule has 0 unspecified atom stereocenters. The molecule has 0 saturated carbocycles. The summed E-state index contributed by atoms with van der Waals surface area (Å²) in [5.41, 5.74) is 6.19. The van der Waals surface area contributed by atoms with E-state index in [-0.39, 0.29) is 11.7 Å². The summed E-state index contributed by atoms with van der Waals surface area (Å²) in [5.74, 6) is 2.29. The van der Waals surface area contributed by atoms with Crippen molar-refractivity contribution in [1.29, 1.82) is 0 Å². The molecule has 5 heterocycles. The lowest BCUT2D eigenvalue weighted by Gasteiger charge is -2.16. The summed E-state index contributed by atoms with van der Waals surface area (Å²) in [7, 11) is 2.00. The monoisotopic (exact) mass is 419 g/mol. The Balaban J connectivity index is 1.55. The molecule has 3 aromatic heterocycles. The predicted octanol–water partition coefficient (Wildman–Crippen LogP) is 3.54. The molecule has 1 atom stereocenters. The number of imidazole rings is 1. The van der Waals surface area contributed by atoms with Gasteiger partial charge in [0.05, 0.1) is 36.2 Å². The van der Waals surface area contributed by atoms with Gasteiger partial charge in [-0.2, -0.15) is 0 Å². The number of aromatic nitrogens is 5. The van der Waals surface area contributed by atoms with Gasteiger partial charge in [-0.05, 0) is 50.5 Å². The van der Waals surface area contributed by atoms with Crippen LogP contribution in [-0.4, -0.2) is 37.4 Å². The third-order valence-corrected chi connectivity index (χ3v) is 6.55. The molecule has 2 aliphatic rings. The van der Waals surface area contributed by atoms with Crippen molar-refractivity contribution in [2.24, 2.45) is 7.05 Å². The first-order valence-electron chi connectivity index (χ1n) is 10.5. The lowest BCUT2D eigenvalue weighted by Crippen LogP contribution is -2.13. The normalized spacial score (nSPS) is 17.4. The summed E-state index contributed by atoms with van der Waals surface area (Å²) in [5, 5.41) is 8.57. The SMILES string of the molecule is Cc1nc(C)n(C)c1-c1cc2c(n3cnnc13)CCc1c(F)ccc3c1[C@H](CO3)CO2. The Labute approximate surface area is 178 Å². The van der Waals surface area contributed by atoms with Crippen LogP contribution in [0.25, 0.3) is 16.9 Å². The van der Waals surface area contributed by atoms with E-state index < -0.39 is 0 Å². The van der Waals surface area contributed by atoms with Crippen molar-refractivity contribution in [3.63, 3.8) is 0 Å². The van der Waals surface area contributed by atoms with Gasteiger partial charge in [0.1, 0.15) is 29.5 Å². The van der Waals surface area contributed by atoms with Crippen molar-refractivity contribution in [1.82, 2.24) is 24.1 Å². The van der Waals surface area contributed by atoms with Gasteiger partial charge in [-0.3, -0.25) is 4.40 Å². The van der Waals surface area contributed by atoms with Crippen LogP contribution in [-0.2, 0) is 19.9 Å². The molecule has 0 N–H and O–H groups in total. The average molecular weight is 419 g/mol. The molecule has 0 radical (unpaired) electrons. The van der Waals surface area contributed by atoms with Crippen LogP contribution in [0.15, 0.2) is 24.5 Å². The Morgan fingerprint density at radius 2 is 1.90 bits per heavy atom. The number of hydrogen-bond donors (Lipinski definition) is 0.